The van der Waals surface area contributed by atoms with E-state index in [2.05, 4.69) is 4.74 Å². The van der Waals surface area contributed by atoms with Crippen LogP contribution >= 0.6 is 0 Å². The van der Waals surface area contributed by atoms with Gasteiger partial charge in [-0.2, -0.15) is 0 Å². The average Bonchev–Trinajstić information content (AvgIpc) is 2.68. The van der Waals surface area contributed by atoms with Crippen LogP contribution in [0, 0.1) is 5.92 Å². The predicted molar refractivity (Wildman–Crippen MR) is 45.1 cm³/mol. The Balaban J connectivity index is 2.23. The number of nitrogens with zero attached hydrogens (tertiary/aromatic N) is 1. The molecule has 3 aliphatic rings. The van der Waals surface area contributed by atoms with Crippen molar-refractivity contribution in [3.05, 3.63) is 0 Å². The Kier molecular flexibility index (Phi) is 1.97. The van der Waals surface area contributed by atoms with Crippen LogP contribution in [0.5, 0.6) is 0 Å². The number of methoxy groups -OCH3 is 1. The van der Waals surface area contributed by atoms with E-state index in [1.807, 2.05) is 0 Å². The highest BCUT2D eigenvalue weighted by atomic mass is 19.1. The van der Waals surface area contributed by atoms with Crippen molar-refractivity contribution in [2.45, 2.75) is 31.6 Å². The van der Waals surface area contributed by atoms with E-state index in [0.717, 1.165) is 0 Å². The van der Waals surface area contributed by atoms with E-state index in [1.165, 1.54) is 18.9 Å². The summed E-state index contributed by atoms with van der Waals surface area (Å²) in [5, 5.41) is 0. The summed E-state index contributed by atoms with van der Waals surface area (Å²) in [6.07, 6.45) is -0.469. The second-order valence-electron chi connectivity index (χ2n) is 3.81. The summed E-state index contributed by atoms with van der Waals surface area (Å²) in [6.45, 7) is 1.35. The molecule has 4 atom stereocenters. The number of ether oxygens (including phenoxy) is 1. The van der Waals surface area contributed by atoms with E-state index in [4.69, 9.17) is 0 Å². The fraction of sp³-hybridized carbons (Fsp3) is 0.778. The number of halogens is 1. The molecule has 3 rings (SSSR count). The molecule has 0 aromatic rings. The minimum Gasteiger partial charge on any atom is -0.467 e. The van der Waals surface area contributed by atoms with Crippen LogP contribution in [0.1, 0.15) is 13.3 Å². The lowest BCUT2D eigenvalue weighted by molar-refractivity contribution is -0.150. The number of rotatable bonds is 1. The van der Waals surface area contributed by atoms with Crippen LogP contribution in [0.3, 0.4) is 0 Å². The van der Waals surface area contributed by atoms with Crippen molar-refractivity contribution in [1.82, 2.24) is 4.90 Å². The Labute approximate surface area is 81.0 Å². The maximum Gasteiger partial charge on any atom is 0.328 e. The van der Waals surface area contributed by atoms with Gasteiger partial charge in [-0.25, -0.2) is 9.18 Å². The van der Waals surface area contributed by atoms with Crippen LogP contribution in [0.25, 0.3) is 0 Å². The molecule has 3 fully saturated rings. The monoisotopic (exact) mass is 201 g/mol. The molecule has 2 bridgehead atoms. The summed E-state index contributed by atoms with van der Waals surface area (Å²) in [4.78, 5) is 23.9. The first-order valence-corrected chi connectivity index (χ1v) is 4.58. The fourth-order valence-corrected chi connectivity index (χ4v) is 2.45. The molecule has 2 saturated heterocycles. The molecular weight excluding hydrogens is 189 g/mol. The maximum absolute atomic E-state index is 13.3. The molecule has 5 heteroatoms. The van der Waals surface area contributed by atoms with Gasteiger partial charge in [-0.15, -0.1) is 0 Å². The summed E-state index contributed by atoms with van der Waals surface area (Å²) < 4.78 is 17.9. The summed E-state index contributed by atoms with van der Waals surface area (Å²) in [5.74, 6) is -1.11. The van der Waals surface area contributed by atoms with Crippen LogP contribution < -0.4 is 0 Å². The SMILES string of the molecule is COC(=O)C1C2CC(C2F)N1C(C)=O. The number of esters is 1. The Morgan fingerprint density at radius 1 is 1.50 bits per heavy atom. The topological polar surface area (TPSA) is 46.6 Å². The number of hydrogen-bond acceptors (Lipinski definition) is 3. The first kappa shape index (κ1) is 9.43. The van der Waals surface area contributed by atoms with Crippen molar-refractivity contribution in [1.29, 1.82) is 0 Å². The lowest BCUT2D eigenvalue weighted by Crippen LogP contribution is -2.42. The molecule has 0 aromatic carbocycles. The fourth-order valence-electron chi connectivity index (χ4n) is 2.45. The predicted octanol–water partition coefficient (Wildman–Crippen LogP) is 0.117. The van der Waals surface area contributed by atoms with Crippen LogP contribution in [0.4, 0.5) is 4.39 Å². The smallest absolute Gasteiger partial charge is 0.328 e. The highest BCUT2D eigenvalue weighted by Crippen LogP contribution is 2.48. The Bertz CT molecular complexity index is 294. The van der Waals surface area contributed by atoms with Gasteiger partial charge in [-0.05, 0) is 6.42 Å². The van der Waals surface area contributed by atoms with Gasteiger partial charge in [0.1, 0.15) is 12.2 Å². The molecule has 1 saturated carbocycles. The van der Waals surface area contributed by atoms with Crippen LogP contribution in [0.15, 0.2) is 0 Å². The molecule has 1 aliphatic carbocycles. The van der Waals surface area contributed by atoms with Crippen LogP contribution in [-0.4, -0.2) is 42.1 Å². The number of amides is 1. The molecule has 0 spiro atoms. The second kappa shape index (κ2) is 2.93. The van der Waals surface area contributed by atoms with E-state index in [-0.39, 0.29) is 11.8 Å². The van der Waals surface area contributed by atoms with Crippen LogP contribution in [-0.2, 0) is 14.3 Å². The van der Waals surface area contributed by atoms with E-state index < -0.39 is 24.2 Å². The third-order valence-electron chi connectivity index (χ3n) is 3.16. The van der Waals surface area contributed by atoms with Crippen molar-refractivity contribution < 1.29 is 18.7 Å². The van der Waals surface area contributed by atoms with Crippen molar-refractivity contribution >= 4 is 11.9 Å². The minimum atomic E-state index is -1.05. The normalized spacial score (nSPS) is 39.2. The second-order valence-corrected chi connectivity index (χ2v) is 3.81. The zero-order valence-electron chi connectivity index (χ0n) is 8.07. The van der Waals surface area contributed by atoms with Gasteiger partial charge in [0.25, 0.3) is 0 Å². The van der Waals surface area contributed by atoms with Gasteiger partial charge >= 0.3 is 5.97 Å². The summed E-state index contributed by atoms with van der Waals surface area (Å²) in [5.41, 5.74) is 0. The number of carbonyl (C=O) groups is 2. The highest BCUT2D eigenvalue weighted by Gasteiger charge is 2.62. The Hall–Kier alpha value is -1.13. The van der Waals surface area contributed by atoms with E-state index >= 15 is 0 Å². The molecule has 0 N–H and O–H groups in total. The number of hydrogen-bond donors (Lipinski definition) is 0. The van der Waals surface area contributed by atoms with Crippen LogP contribution in [0.2, 0.25) is 0 Å². The van der Waals surface area contributed by atoms with Gasteiger partial charge in [0.15, 0.2) is 0 Å². The van der Waals surface area contributed by atoms with Crippen molar-refractivity contribution in [3.8, 4) is 0 Å². The molecule has 78 valence electrons. The van der Waals surface area contributed by atoms with Gasteiger partial charge < -0.3 is 9.64 Å². The lowest BCUT2D eigenvalue weighted by Gasteiger charge is -2.29. The van der Waals surface area contributed by atoms with Gasteiger partial charge in [-0.3, -0.25) is 4.79 Å². The summed E-state index contributed by atoms with van der Waals surface area (Å²) in [6, 6.07) is -1.10. The van der Waals surface area contributed by atoms with E-state index in [9.17, 15) is 14.0 Å². The highest BCUT2D eigenvalue weighted by molar-refractivity contribution is 5.86. The van der Waals surface area contributed by atoms with Gasteiger partial charge in [-0.1, -0.05) is 0 Å². The molecule has 1 amide bonds. The summed E-state index contributed by atoms with van der Waals surface area (Å²) >= 11 is 0. The largest absolute Gasteiger partial charge is 0.467 e. The molecule has 14 heavy (non-hydrogen) atoms. The Morgan fingerprint density at radius 3 is 2.57 bits per heavy atom. The zero-order chi connectivity index (χ0) is 10.5. The maximum atomic E-state index is 13.3. The third-order valence-corrected chi connectivity index (χ3v) is 3.16. The zero-order valence-corrected chi connectivity index (χ0v) is 8.07. The Morgan fingerprint density at radius 2 is 2.14 bits per heavy atom. The quantitative estimate of drug-likeness (QED) is 0.566. The number of alkyl halides is 1. The van der Waals surface area contributed by atoms with Crippen molar-refractivity contribution in [2.75, 3.05) is 7.11 Å². The summed E-state index contributed by atoms with van der Waals surface area (Å²) in [7, 11) is 1.25. The number of fused-ring (bicyclic) bond motifs is 1. The molecular formula is C9H12FNO3. The molecule has 0 radical (unpaired) electrons. The molecule has 0 aromatic heterocycles. The molecule has 2 aliphatic heterocycles. The van der Waals surface area contributed by atoms with Gasteiger partial charge in [0.05, 0.1) is 13.2 Å². The van der Waals surface area contributed by atoms with Crippen molar-refractivity contribution in [2.24, 2.45) is 5.92 Å². The van der Waals surface area contributed by atoms with Crippen molar-refractivity contribution in [3.63, 3.8) is 0 Å². The number of carbonyl (C=O) groups excluding carboxylic acids is 2. The molecule has 4 unspecified atom stereocenters. The average molecular weight is 201 g/mol. The first-order chi connectivity index (χ1) is 6.57. The lowest BCUT2D eigenvalue weighted by atomic mass is 9.81. The van der Waals surface area contributed by atoms with E-state index in [0.29, 0.717) is 6.42 Å². The molecule has 4 nitrogen and oxygen atoms in total. The van der Waals surface area contributed by atoms with E-state index in [1.54, 1.807) is 0 Å². The molecule has 2 heterocycles. The third kappa shape index (κ3) is 0.980. The van der Waals surface area contributed by atoms with Gasteiger partial charge in [0, 0.05) is 12.8 Å². The minimum absolute atomic E-state index is 0.256. The standard InChI is InChI=1S/C9H12FNO3/c1-4(12)11-6-3-5(7(6)10)8(11)9(13)14-2/h5-8H,3H2,1-2H3. The first-order valence-electron chi connectivity index (χ1n) is 4.58. The van der Waals surface area contributed by atoms with Gasteiger partial charge in [0.2, 0.25) is 5.91 Å².